The quantitative estimate of drug-likeness (QED) is 0.752. The van der Waals surface area contributed by atoms with Gasteiger partial charge in [-0.1, -0.05) is 0 Å². The number of rotatable bonds is 2. The SMILES string of the molecule is NC(=O)N1CCN(C(=O)c2ccc3nc(-c4ccc(F)cc4)cn3c2)CC1. The second-order valence-electron chi connectivity index (χ2n) is 6.43. The molecule has 1 saturated heterocycles. The number of carbonyl (C=O) groups excluding carboxylic acids is 2. The molecule has 1 aliphatic rings. The summed E-state index contributed by atoms with van der Waals surface area (Å²) in [5, 5.41) is 0. The van der Waals surface area contributed by atoms with Gasteiger partial charge in [0.05, 0.1) is 11.3 Å². The fraction of sp³-hybridized carbons (Fsp3) is 0.211. The van der Waals surface area contributed by atoms with Gasteiger partial charge in [-0.25, -0.2) is 14.2 Å². The van der Waals surface area contributed by atoms with Crippen LogP contribution < -0.4 is 5.73 Å². The van der Waals surface area contributed by atoms with Crippen molar-refractivity contribution in [3.63, 3.8) is 0 Å². The summed E-state index contributed by atoms with van der Waals surface area (Å²) in [6, 6.07) is 9.16. The number of urea groups is 1. The predicted molar refractivity (Wildman–Crippen MR) is 97.6 cm³/mol. The number of nitrogens with zero attached hydrogens (tertiary/aromatic N) is 4. The standard InChI is InChI=1S/C19H18FN5O2/c20-15-4-1-13(2-5-15)16-12-25-11-14(3-6-17(25)22-16)18(26)23-7-9-24(10-8-23)19(21)27/h1-6,11-12H,7-10H2,(H2,21,27). The molecule has 1 fully saturated rings. The number of carbonyl (C=O) groups is 2. The molecule has 1 aromatic carbocycles. The Balaban J connectivity index is 1.55. The van der Waals surface area contributed by atoms with Gasteiger partial charge >= 0.3 is 6.03 Å². The van der Waals surface area contributed by atoms with Crippen LogP contribution in [0.4, 0.5) is 9.18 Å². The number of hydrogen-bond acceptors (Lipinski definition) is 3. The lowest BCUT2D eigenvalue weighted by Crippen LogP contribution is -2.52. The highest BCUT2D eigenvalue weighted by atomic mass is 19.1. The number of halogens is 1. The predicted octanol–water partition coefficient (Wildman–Crippen LogP) is 1.98. The van der Waals surface area contributed by atoms with Crippen molar-refractivity contribution in [2.24, 2.45) is 5.73 Å². The number of imidazole rings is 1. The minimum atomic E-state index is -0.463. The molecule has 3 aromatic rings. The van der Waals surface area contributed by atoms with Crippen molar-refractivity contribution < 1.29 is 14.0 Å². The molecule has 8 heteroatoms. The lowest BCUT2D eigenvalue weighted by molar-refractivity contribution is 0.0669. The number of pyridine rings is 1. The minimum Gasteiger partial charge on any atom is -0.351 e. The Morgan fingerprint density at radius 3 is 2.26 bits per heavy atom. The topological polar surface area (TPSA) is 83.9 Å². The number of benzene rings is 1. The third kappa shape index (κ3) is 3.33. The van der Waals surface area contributed by atoms with E-state index in [1.165, 1.54) is 17.0 Å². The van der Waals surface area contributed by atoms with Gasteiger partial charge in [0.2, 0.25) is 0 Å². The summed E-state index contributed by atoms with van der Waals surface area (Å²) < 4.78 is 14.9. The van der Waals surface area contributed by atoms with Crippen LogP contribution >= 0.6 is 0 Å². The van der Waals surface area contributed by atoms with Crippen molar-refractivity contribution in [1.29, 1.82) is 0 Å². The molecule has 0 aliphatic carbocycles. The molecule has 0 radical (unpaired) electrons. The zero-order chi connectivity index (χ0) is 19.0. The van der Waals surface area contributed by atoms with E-state index in [1.54, 1.807) is 39.8 Å². The number of fused-ring (bicyclic) bond motifs is 1. The Kier molecular flexibility index (Phi) is 4.23. The van der Waals surface area contributed by atoms with Crippen LogP contribution in [0, 0.1) is 5.82 Å². The monoisotopic (exact) mass is 367 g/mol. The van der Waals surface area contributed by atoms with Gasteiger partial charge in [-0.05, 0) is 36.4 Å². The highest BCUT2D eigenvalue weighted by Gasteiger charge is 2.24. The van der Waals surface area contributed by atoms with Crippen LogP contribution in [0.3, 0.4) is 0 Å². The van der Waals surface area contributed by atoms with Crippen molar-refractivity contribution in [2.45, 2.75) is 0 Å². The summed E-state index contributed by atoms with van der Waals surface area (Å²) in [7, 11) is 0. The summed E-state index contributed by atoms with van der Waals surface area (Å²) in [6.45, 7) is 1.77. The van der Waals surface area contributed by atoms with E-state index >= 15 is 0 Å². The van der Waals surface area contributed by atoms with Crippen LogP contribution in [0.2, 0.25) is 0 Å². The summed E-state index contributed by atoms with van der Waals surface area (Å²) in [5.41, 5.74) is 8.02. The van der Waals surface area contributed by atoms with Crippen molar-refractivity contribution >= 4 is 17.6 Å². The molecular formula is C19H18FN5O2. The first-order valence-electron chi connectivity index (χ1n) is 8.59. The van der Waals surface area contributed by atoms with Crippen molar-refractivity contribution in [1.82, 2.24) is 19.2 Å². The maximum atomic E-state index is 13.1. The number of primary amides is 1. The Hall–Kier alpha value is -3.42. The lowest BCUT2D eigenvalue weighted by atomic mass is 10.2. The molecule has 4 rings (SSSR count). The zero-order valence-electron chi connectivity index (χ0n) is 14.5. The smallest absolute Gasteiger partial charge is 0.314 e. The Bertz CT molecular complexity index is 1010. The van der Waals surface area contributed by atoms with Gasteiger partial charge in [0, 0.05) is 44.1 Å². The second-order valence-corrected chi connectivity index (χ2v) is 6.43. The van der Waals surface area contributed by atoms with E-state index in [1.807, 2.05) is 6.20 Å². The first kappa shape index (κ1) is 17.0. The van der Waals surface area contributed by atoms with Crippen molar-refractivity contribution in [3.8, 4) is 11.3 Å². The third-order valence-electron chi connectivity index (χ3n) is 4.72. The average Bonchev–Trinajstić information content (AvgIpc) is 3.11. The van der Waals surface area contributed by atoms with Crippen LogP contribution in [0.15, 0.2) is 48.8 Å². The molecule has 0 atom stereocenters. The van der Waals surface area contributed by atoms with Gasteiger partial charge in [-0.3, -0.25) is 4.79 Å². The van der Waals surface area contributed by atoms with Gasteiger partial charge in [0.25, 0.3) is 5.91 Å². The van der Waals surface area contributed by atoms with E-state index in [0.29, 0.717) is 43.1 Å². The van der Waals surface area contributed by atoms with E-state index in [9.17, 15) is 14.0 Å². The Morgan fingerprint density at radius 1 is 0.926 bits per heavy atom. The Morgan fingerprint density at radius 2 is 1.59 bits per heavy atom. The molecule has 27 heavy (non-hydrogen) atoms. The Labute approximate surface area is 154 Å². The summed E-state index contributed by atoms with van der Waals surface area (Å²) in [4.78, 5) is 31.7. The maximum absolute atomic E-state index is 13.1. The summed E-state index contributed by atoms with van der Waals surface area (Å²) >= 11 is 0. The zero-order valence-corrected chi connectivity index (χ0v) is 14.5. The van der Waals surface area contributed by atoms with Crippen LogP contribution in [-0.4, -0.2) is 57.3 Å². The lowest BCUT2D eigenvalue weighted by Gasteiger charge is -2.33. The van der Waals surface area contributed by atoms with Gasteiger partial charge in [-0.15, -0.1) is 0 Å². The van der Waals surface area contributed by atoms with Crippen molar-refractivity contribution in [2.75, 3.05) is 26.2 Å². The average molecular weight is 367 g/mol. The fourth-order valence-corrected chi connectivity index (χ4v) is 3.19. The van der Waals surface area contributed by atoms with Crippen LogP contribution in [-0.2, 0) is 0 Å². The van der Waals surface area contributed by atoms with Gasteiger partial charge in [0.1, 0.15) is 11.5 Å². The van der Waals surface area contributed by atoms with Crippen LogP contribution in [0.1, 0.15) is 10.4 Å². The largest absolute Gasteiger partial charge is 0.351 e. The summed E-state index contributed by atoms with van der Waals surface area (Å²) in [5.74, 6) is -0.398. The van der Waals surface area contributed by atoms with E-state index in [-0.39, 0.29) is 11.7 Å². The number of hydrogen-bond donors (Lipinski definition) is 1. The minimum absolute atomic E-state index is 0.0990. The first-order chi connectivity index (χ1) is 13.0. The molecule has 138 valence electrons. The fourth-order valence-electron chi connectivity index (χ4n) is 3.19. The molecule has 7 nitrogen and oxygen atoms in total. The van der Waals surface area contributed by atoms with Gasteiger partial charge in [0.15, 0.2) is 0 Å². The number of amides is 3. The molecule has 0 unspecified atom stereocenters. The summed E-state index contributed by atoms with van der Waals surface area (Å²) in [6.07, 6.45) is 3.54. The molecule has 0 spiro atoms. The third-order valence-corrected chi connectivity index (χ3v) is 4.72. The number of nitrogens with two attached hydrogens (primary N) is 1. The molecule has 2 N–H and O–H groups in total. The van der Waals surface area contributed by atoms with Crippen LogP contribution in [0.5, 0.6) is 0 Å². The maximum Gasteiger partial charge on any atom is 0.314 e. The molecule has 3 heterocycles. The molecule has 0 bridgehead atoms. The van der Waals surface area contributed by atoms with E-state index in [0.717, 1.165) is 5.56 Å². The normalized spacial score (nSPS) is 14.6. The highest BCUT2D eigenvalue weighted by molar-refractivity contribution is 5.94. The molecule has 1 aliphatic heterocycles. The van der Waals surface area contributed by atoms with E-state index in [2.05, 4.69) is 4.98 Å². The number of piperazine rings is 1. The molecular weight excluding hydrogens is 349 g/mol. The van der Waals surface area contributed by atoms with Gasteiger partial charge < -0.3 is 19.9 Å². The highest BCUT2D eigenvalue weighted by Crippen LogP contribution is 2.20. The van der Waals surface area contributed by atoms with E-state index < -0.39 is 6.03 Å². The molecule has 0 saturated carbocycles. The van der Waals surface area contributed by atoms with Gasteiger partial charge in [-0.2, -0.15) is 0 Å². The van der Waals surface area contributed by atoms with Crippen LogP contribution in [0.25, 0.3) is 16.9 Å². The van der Waals surface area contributed by atoms with E-state index in [4.69, 9.17) is 5.73 Å². The number of aromatic nitrogens is 2. The molecule has 2 aromatic heterocycles. The van der Waals surface area contributed by atoms with Crippen molar-refractivity contribution in [3.05, 3.63) is 60.2 Å². The molecule has 3 amide bonds. The first-order valence-corrected chi connectivity index (χ1v) is 8.59. The second kappa shape index (κ2) is 6.71.